The van der Waals surface area contributed by atoms with Gasteiger partial charge >= 0.3 is 5.69 Å². The minimum atomic E-state index is -0.330. The standard InChI is InChI=1S/C13H21N3O2/c1-6-13(2,3)15(5)11-9-7-8-10(14-4)12(11)16(17)18/h7-9,14H,6H2,1-5H3. The first-order chi connectivity index (χ1) is 8.35. The second kappa shape index (κ2) is 5.25. The summed E-state index contributed by atoms with van der Waals surface area (Å²) in [6.45, 7) is 6.22. The van der Waals surface area contributed by atoms with E-state index in [0.717, 1.165) is 6.42 Å². The Hall–Kier alpha value is -1.78. The van der Waals surface area contributed by atoms with Gasteiger partial charge in [-0.1, -0.05) is 13.0 Å². The Morgan fingerprint density at radius 2 is 2.06 bits per heavy atom. The van der Waals surface area contributed by atoms with Gasteiger partial charge in [-0.2, -0.15) is 0 Å². The maximum absolute atomic E-state index is 11.3. The fourth-order valence-corrected chi connectivity index (χ4v) is 1.76. The van der Waals surface area contributed by atoms with Gasteiger partial charge in [-0.15, -0.1) is 0 Å². The Morgan fingerprint density at radius 3 is 2.50 bits per heavy atom. The Kier molecular flexibility index (Phi) is 4.16. The zero-order valence-corrected chi connectivity index (χ0v) is 11.7. The Morgan fingerprint density at radius 1 is 1.44 bits per heavy atom. The van der Waals surface area contributed by atoms with Crippen molar-refractivity contribution in [1.82, 2.24) is 0 Å². The van der Waals surface area contributed by atoms with Crippen LogP contribution in [0.15, 0.2) is 18.2 Å². The van der Waals surface area contributed by atoms with Crippen molar-refractivity contribution in [2.24, 2.45) is 0 Å². The highest BCUT2D eigenvalue weighted by Crippen LogP contribution is 2.37. The third-order valence-corrected chi connectivity index (χ3v) is 3.60. The van der Waals surface area contributed by atoms with Gasteiger partial charge in [0.05, 0.1) is 4.92 Å². The van der Waals surface area contributed by atoms with Gasteiger partial charge < -0.3 is 10.2 Å². The van der Waals surface area contributed by atoms with Gasteiger partial charge in [0.15, 0.2) is 0 Å². The second-order valence-electron chi connectivity index (χ2n) is 4.91. The SMILES string of the molecule is CCC(C)(C)N(C)c1cccc(NC)c1[N+](=O)[O-]. The van der Waals surface area contributed by atoms with Crippen LogP contribution in [-0.4, -0.2) is 24.6 Å². The van der Waals surface area contributed by atoms with E-state index < -0.39 is 0 Å². The van der Waals surface area contributed by atoms with E-state index in [1.165, 1.54) is 0 Å². The van der Waals surface area contributed by atoms with Gasteiger partial charge in [-0.3, -0.25) is 10.1 Å². The lowest BCUT2D eigenvalue weighted by Crippen LogP contribution is -2.40. The van der Waals surface area contributed by atoms with Gasteiger partial charge in [0, 0.05) is 19.6 Å². The molecule has 100 valence electrons. The molecular weight excluding hydrogens is 230 g/mol. The van der Waals surface area contributed by atoms with E-state index in [2.05, 4.69) is 26.1 Å². The van der Waals surface area contributed by atoms with Gasteiger partial charge in [0.25, 0.3) is 0 Å². The molecule has 18 heavy (non-hydrogen) atoms. The smallest absolute Gasteiger partial charge is 0.315 e. The molecule has 1 aromatic rings. The maximum Gasteiger partial charge on any atom is 0.315 e. The first-order valence-corrected chi connectivity index (χ1v) is 6.04. The number of para-hydroxylation sites is 1. The molecule has 0 saturated carbocycles. The predicted molar refractivity (Wildman–Crippen MR) is 75.4 cm³/mol. The van der Waals surface area contributed by atoms with Crippen molar-refractivity contribution in [1.29, 1.82) is 0 Å². The van der Waals surface area contributed by atoms with Crippen LogP contribution < -0.4 is 10.2 Å². The number of hydrogen-bond donors (Lipinski definition) is 1. The van der Waals surface area contributed by atoms with Crippen molar-refractivity contribution in [2.45, 2.75) is 32.7 Å². The van der Waals surface area contributed by atoms with E-state index >= 15 is 0 Å². The third kappa shape index (κ3) is 2.55. The van der Waals surface area contributed by atoms with E-state index in [1.807, 2.05) is 18.0 Å². The van der Waals surface area contributed by atoms with Gasteiger partial charge in [0.2, 0.25) is 0 Å². The molecule has 0 spiro atoms. The fraction of sp³-hybridized carbons (Fsp3) is 0.538. The summed E-state index contributed by atoms with van der Waals surface area (Å²) < 4.78 is 0. The average molecular weight is 251 g/mol. The molecule has 0 amide bonds. The molecule has 0 atom stereocenters. The molecular formula is C13H21N3O2. The van der Waals surface area contributed by atoms with Gasteiger partial charge in [0.1, 0.15) is 11.4 Å². The van der Waals surface area contributed by atoms with E-state index in [4.69, 9.17) is 0 Å². The minimum Gasteiger partial charge on any atom is -0.382 e. The molecule has 1 aromatic carbocycles. The Bertz CT molecular complexity index is 444. The highest BCUT2D eigenvalue weighted by molar-refractivity contribution is 5.77. The topological polar surface area (TPSA) is 58.4 Å². The molecule has 1 rings (SSSR count). The molecule has 1 N–H and O–H groups in total. The molecule has 0 saturated heterocycles. The number of nitro groups is 1. The molecule has 0 bridgehead atoms. The van der Waals surface area contributed by atoms with Crippen LogP contribution in [0.4, 0.5) is 17.1 Å². The average Bonchev–Trinajstić information content (AvgIpc) is 2.36. The number of rotatable bonds is 5. The molecule has 0 aromatic heterocycles. The highest BCUT2D eigenvalue weighted by Gasteiger charge is 2.29. The normalized spacial score (nSPS) is 11.2. The molecule has 0 heterocycles. The maximum atomic E-state index is 11.3. The molecule has 0 unspecified atom stereocenters. The predicted octanol–water partition coefficient (Wildman–Crippen LogP) is 3.26. The van der Waals surface area contributed by atoms with Crippen molar-refractivity contribution in [3.63, 3.8) is 0 Å². The minimum absolute atomic E-state index is 0.128. The van der Waals surface area contributed by atoms with Crippen LogP contribution in [0.1, 0.15) is 27.2 Å². The zero-order chi connectivity index (χ0) is 13.9. The highest BCUT2D eigenvalue weighted by atomic mass is 16.6. The van der Waals surface area contributed by atoms with Crippen LogP contribution >= 0.6 is 0 Å². The molecule has 0 fully saturated rings. The van der Waals surface area contributed by atoms with E-state index in [9.17, 15) is 10.1 Å². The second-order valence-corrected chi connectivity index (χ2v) is 4.91. The summed E-state index contributed by atoms with van der Waals surface area (Å²) in [5.74, 6) is 0. The van der Waals surface area contributed by atoms with Crippen LogP contribution in [0.25, 0.3) is 0 Å². The summed E-state index contributed by atoms with van der Waals surface area (Å²) in [5.41, 5.74) is 1.18. The number of anilines is 2. The van der Waals surface area contributed by atoms with Crippen molar-refractivity contribution < 1.29 is 4.92 Å². The summed E-state index contributed by atoms with van der Waals surface area (Å²) in [5, 5.41) is 14.1. The van der Waals surface area contributed by atoms with Crippen LogP contribution in [0.3, 0.4) is 0 Å². The van der Waals surface area contributed by atoms with Crippen molar-refractivity contribution in [3.05, 3.63) is 28.3 Å². The quantitative estimate of drug-likeness (QED) is 0.644. The molecule has 5 nitrogen and oxygen atoms in total. The lowest BCUT2D eigenvalue weighted by molar-refractivity contribution is -0.383. The van der Waals surface area contributed by atoms with Crippen molar-refractivity contribution in [2.75, 3.05) is 24.3 Å². The molecule has 0 aliphatic heterocycles. The monoisotopic (exact) mass is 251 g/mol. The number of nitrogens with zero attached hydrogens (tertiary/aromatic N) is 2. The van der Waals surface area contributed by atoms with Gasteiger partial charge in [-0.25, -0.2) is 0 Å². The van der Waals surface area contributed by atoms with E-state index in [0.29, 0.717) is 11.4 Å². The number of nitro benzene ring substituents is 1. The molecule has 0 radical (unpaired) electrons. The first kappa shape index (κ1) is 14.3. The third-order valence-electron chi connectivity index (χ3n) is 3.60. The summed E-state index contributed by atoms with van der Waals surface area (Å²) >= 11 is 0. The Balaban J connectivity index is 3.36. The summed E-state index contributed by atoms with van der Waals surface area (Å²) in [6.07, 6.45) is 0.907. The Labute approximate surface area is 108 Å². The number of hydrogen-bond acceptors (Lipinski definition) is 4. The molecule has 5 heteroatoms. The molecule has 0 aliphatic carbocycles. The lowest BCUT2D eigenvalue weighted by atomic mass is 9.98. The van der Waals surface area contributed by atoms with E-state index in [1.54, 1.807) is 19.2 Å². The number of benzene rings is 1. The van der Waals surface area contributed by atoms with Crippen molar-refractivity contribution >= 4 is 17.1 Å². The van der Waals surface area contributed by atoms with Gasteiger partial charge in [-0.05, 0) is 32.4 Å². The number of nitrogens with one attached hydrogen (secondary N) is 1. The zero-order valence-electron chi connectivity index (χ0n) is 11.7. The molecule has 0 aliphatic rings. The first-order valence-electron chi connectivity index (χ1n) is 6.04. The fourth-order valence-electron chi connectivity index (χ4n) is 1.76. The summed E-state index contributed by atoms with van der Waals surface area (Å²) in [4.78, 5) is 12.9. The summed E-state index contributed by atoms with van der Waals surface area (Å²) in [7, 11) is 3.59. The van der Waals surface area contributed by atoms with Crippen LogP contribution in [0.2, 0.25) is 0 Å². The van der Waals surface area contributed by atoms with Crippen LogP contribution in [0, 0.1) is 10.1 Å². The van der Waals surface area contributed by atoms with Crippen molar-refractivity contribution in [3.8, 4) is 0 Å². The lowest BCUT2D eigenvalue weighted by Gasteiger charge is -2.36. The summed E-state index contributed by atoms with van der Waals surface area (Å²) in [6, 6.07) is 5.33. The largest absolute Gasteiger partial charge is 0.382 e. The van der Waals surface area contributed by atoms with E-state index in [-0.39, 0.29) is 16.1 Å². The van der Waals surface area contributed by atoms with Crippen LogP contribution in [0.5, 0.6) is 0 Å². The van der Waals surface area contributed by atoms with Crippen LogP contribution in [-0.2, 0) is 0 Å².